The molecule has 0 fully saturated rings. The molecule has 1 heterocycles. The van der Waals surface area contributed by atoms with Gasteiger partial charge in [-0.15, -0.1) is 0 Å². The predicted molar refractivity (Wildman–Crippen MR) is 126 cm³/mol. The maximum absolute atomic E-state index is 13.2. The summed E-state index contributed by atoms with van der Waals surface area (Å²) in [5.41, 5.74) is 1.10. The number of aryl methyl sites for hydroxylation is 1. The first kappa shape index (κ1) is 23.9. The van der Waals surface area contributed by atoms with Gasteiger partial charge in [0.15, 0.2) is 0 Å². The van der Waals surface area contributed by atoms with Crippen molar-refractivity contribution in [1.82, 2.24) is 0 Å². The maximum Gasteiger partial charge on any atom is 0.265 e. The fraction of sp³-hybridized carbons (Fsp3) is 0.458. The average Bonchev–Trinajstić information content (AvgIpc) is 2.83. The molecule has 3 rings (SSSR count). The summed E-state index contributed by atoms with van der Waals surface area (Å²) in [6, 6.07) is 10.1. The molecule has 0 atom stereocenters. The average molecular weight is 461 g/mol. The van der Waals surface area contributed by atoms with Gasteiger partial charge in [-0.05, 0) is 62.1 Å². The van der Waals surface area contributed by atoms with E-state index in [9.17, 15) is 13.2 Å². The summed E-state index contributed by atoms with van der Waals surface area (Å²) in [5.74, 6) is 0.994. The molecule has 0 unspecified atom stereocenters. The van der Waals surface area contributed by atoms with Crippen LogP contribution in [0.15, 0.2) is 41.3 Å². The van der Waals surface area contributed by atoms with Crippen molar-refractivity contribution in [3.63, 3.8) is 0 Å². The predicted octanol–water partition coefficient (Wildman–Crippen LogP) is 4.47. The van der Waals surface area contributed by atoms with Crippen LogP contribution in [-0.4, -0.2) is 34.6 Å². The fourth-order valence-corrected chi connectivity index (χ4v) is 4.89. The van der Waals surface area contributed by atoms with Crippen molar-refractivity contribution in [3.8, 4) is 11.5 Å². The molecular weight excluding hydrogens is 428 g/mol. The Morgan fingerprint density at radius 1 is 1.19 bits per heavy atom. The molecule has 0 bridgehead atoms. The molecule has 32 heavy (non-hydrogen) atoms. The molecule has 2 aromatic carbocycles. The number of sulfonamides is 1. The Labute approximate surface area is 190 Å². The van der Waals surface area contributed by atoms with Gasteiger partial charge in [0.05, 0.1) is 23.9 Å². The topological polar surface area (TPSA) is 84.9 Å². The van der Waals surface area contributed by atoms with Crippen LogP contribution in [-0.2, 0) is 21.2 Å². The molecule has 7 nitrogen and oxygen atoms in total. The second-order valence-electron chi connectivity index (χ2n) is 9.11. The quantitative estimate of drug-likeness (QED) is 0.659. The first-order valence-corrected chi connectivity index (χ1v) is 12.3. The number of rotatable bonds is 7. The third-order valence-electron chi connectivity index (χ3n) is 5.39. The molecule has 8 heteroatoms. The minimum atomic E-state index is -3.92. The van der Waals surface area contributed by atoms with Gasteiger partial charge in [-0.25, -0.2) is 8.42 Å². The monoisotopic (exact) mass is 460 g/mol. The summed E-state index contributed by atoms with van der Waals surface area (Å²) in [6.07, 6.45) is 0.699. The zero-order chi connectivity index (χ0) is 23.7. The molecule has 0 radical (unpaired) electrons. The van der Waals surface area contributed by atoms with Crippen LogP contribution < -0.4 is 19.1 Å². The Bertz CT molecular complexity index is 1110. The van der Waals surface area contributed by atoms with Gasteiger partial charge in [-0.1, -0.05) is 26.8 Å². The standard InChI is InChI=1S/C24H32N2O5S/c1-7-17-8-10-21(30-6)22(12-17)32(28,29)25-18-9-11-20-19(13-18)26(14-16(2)3)23(27)24(4,5)15-31-20/h8-13,16,25H,7,14-15H2,1-6H3. The van der Waals surface area contributed by atoms with Crippen molar-refractivity contribution >= 4 is 27.3 Å². The largest absolute Gasteiger partial charge is 0.495 e. The van der Waals surface area contributed by atoms with Gasteiger partial charge in [0.1, 0.15) is 23.0 Å². The van der Waals surface area contributed by atoms with Crippen molar-refractivity contribution in [2.24, 2.45) is 11.3 Å². The number of carbonyl (C=O) groups is 1. The second kappa shape index (κ2) is 9.02. The number of benzene rings is 2. The molecule has 1 N–H and O–H groups in total. The number of hydrogen-bond donors (Lipinski definition) is 1. The zero-order valence-corrected chi connectivity index (χ0v) is 20.4. The van der Waals surface area contributed by atoms with E-state index in [0.717, 1.165) is 5.56 Å². The molecule has 1 aliphatic heterocycles. The van der Waals surface area contributed by atoms with Crippen molar-refractivity contribution in [2.75, 3.05) is 29.9 Å². The van der Waals surface area contributed by atoms with Crippen LogP contribution in [0.1, 0.15) is 40.2 Å². The SMILES string of the molecule is CCc1ccc(OC)c(S(=O)(=O)Nc2ccc3c(c2)N(CC(C)C)C(=O)C(C)(C)CO3)c1. The van der Waals surface area contributed by atoms with E-state index in [1.807, 2.05) is 40.7 Å². The minimum absolute atomic E-state index is 0.0535. The summed E-state index contributed by atoms with van der Waals surface area (Å²) in [4.78, 5) is 15.0. The highest BCUT2D eigenvalue weighted by molar-refractivity contribution is 7.92. The smallest absolute Gasteiger partial charge is 0.265 e. The number of anilines is 2. The number of nitrogens with zero attached hydrogens (tertiary/aromatic N) is 1. The van der Waals surface area contributed by atoms with E-state index in [1.54, 1.807) is 35.2 Å². The number of amides is 1. The van der Waals surface area contributed by atoms with E-state index in [2.05, 4.69) is 4.72 Å². The second-order valence-corrected chi connectivity index (χ2v) is 10.8. The third-order valence-corrected chi connectivity index (χ3v) is 6.79. The number of fused-ring (bicyclic) bond motifs is 1. The highest BCUT2D eigenvalue weighted by Crippen LogP contribution is 2.39. The van der Waals surface area contributed by atoms with Crippen molar-refractivity contribution in [3.05, 3.63) is 42.0 Å². The molecule has 0 saturated heterocycles. The van der Waals surface area contributed by atoms with Crippen molar-refractivity contribution in [1.29, 1.82) is 0 Å². The lowest BCUT2D eigenvalue weighted by atomic mass is 9.92. The zero-order valence-electron chi connectivity index (χ0n) is 19.6. The molecule has 0 saturated carbocycles. The normalized spacial score (nSPS) is 15.7. The van der Waals surface area contributed by atoms with Crippen molar-refractivity contribution in [2.45, 2.75) is 45.9 Å². The van der Waals surface area contributed by atoms with E-state index in [-0.39, 0.29) is 29.1 Å². The van der Waals surface area contributed by atoms with E-state index < -0.39 is 15.4 Å². The maximum atomic E-state index is 13.2. The van der Waals surface area contributed by atoms with Crippen LogP contribution >= 0.6 is 0 Å². The Balaban J connectivity index is 2.03. The number of ether oxygens (including phenoxy) is 2. The summed E-state index contributed by atoms with van der Waals surface area (Å²) >= 11 is 0. The van der Waals surface area contributed by atoms with Crippen LogP contribution in [0.3, 0.4) is 0 Å². The van der Waals surface area contributed by atoms with Gasteiger partial charge in [0.25, 0.3) is 10.0 Å². The molecule has 1 amide bonds. The van der Waals surface area contributed by atoms with Crippen LogP contribution in [0.25, 0.3) is 0 Å². The molecule has 0 aliphatic carbocycles. The number of carbonyl (C=O) groups excluding carboxylic acids is 1. The fourth-order valence-electron chi connectivity index (χ4n) is 3.62. The molecule has 2 aromatic rings. The Morgan fingerprint density at radius 3 is 2.53 bits per heavy atom. The number of hydrogen-bond acceptors (Lipinski definition) is 5. The highest BCUT2D eigenvalue weighted by atomic mass is 32.2. The lowest BCUT2D eigenvalue weighted by Crippen LogP contribution is -2.43. The van der Waals surface area contributed by atoms with E-state index >= 15 is 0 Å². The number of nitrogens with one attached hydrogen (secondary N) is 1. The Morgan fingerprint density at radius 2 is 1.91 bits per heavy atom. The molecular formula is C24H32N2O5S. The van der Waals surface area contributed by atoms with E-state index in [1.165, 1.54) is 7.11 Å². The lowest BCUT2D eigenvalue weighted by Gasteiger charge is -2.29. The Hall–Kier alpha value is -2.74. The van der Waals surface area contributed by atoms with Crippen molar-refractivity contribution < 1.29 is 22.7 Å². The minimum Gasteiger partial charge on any atom is -0.495 e. The highest BCUT2D eigenvalue weighted by Gasteiger charge is 2.38. The van der Waals surface area contributed by atoms with Gasteiger partial charge in [0, 0.05) is 6.54 Å². The summed E-state index contributed by atoms with van der Waals surface area (Å²) < 4.78 is 40.3. The van der Waals surface area contributed by atoms with Crippen LogP contribution in [0.2, 0.25) is 0 Å². The molecule has 174 valence electrons. The lowest BCUT2D eigenvalue weighted by molar-refractivity contribution is -0.127. The first-order chi connectivity index (χ1) is 15.0. The van der Waals surface area contributed by atoms with Crippen LogP contribution in [0.4, 0.5) is 11.4 Å². The molecule has 0 spiro atoms. The summed E-state index contributed by atoms with van der Waals surface area (Å²) in [7, 11) is -2.48. The van der Waals surface area contributed by atoms with E-state index in [0.29, 0.717) is 30.1 Å². The van der Waals surface area contributed by atoms with Crippen LogP contribution in [0, 0.1) is 11.3 Å². The van der Waals surface area contributed by atoms with Gasteiger partial charge in [-0.3, -0.25) is 9.52 Å². The molecule has 0 aromatic heterocycles. The first-order valence-electron chi connectivity index (χ1n) is 10.8. The van der Waals surface area contributed by atoms with Gasteiger partial charge < -0.3 is 14.4 Å². The van der Waals surface area contributed by atoms with Crippen LogP contribution in [0.5, 0.6) is 11.5 Å². The van der Waals surface area contributed by atoms with Gasteiger partial charge in [0.2, 0.25) is 5.91 Å². The number of methoxy groups -OCH3 is 1. The molecule has 1 aliphatic rings. The summed E-state index contributed by atoms with van der Waals surface area (Å²) in [5, 5.41) is 0. The summed E-state index contributed by atoms with van der Waals surface area (Å²) in [6.45, 7) is 10.5. The van der Waals surface area contributed by atoms with Gasteiger partial charge >= 0.3 is 0 Å². The van der Waals surface area contributed by atoms with Gasteiger partial charge in [-0.2, -0.15) is 0 Å². The van der Waals surface area contributed by atoms with E-state index in [4.69, 9.17) is 9.47 Å². The third kappa shape index (κ3) is 4.85. The Kier molecular flexibility index (Phi) is 6.74.